The molecule has 1 aliphatic heterocycles. The lowest BCUT2D eigenvalue weighted by atomic mass is 10.2. The van der Waals surface area contributed by atoms with Gasteiger partial charge in [-0.2, -0.15) is 5.10 Å². The molecular formula is C11H12BrN3. The quantitative estimate of drug-likeness (QED) is 0.858. The molecule has 0 radical (unpaired) electrons. The summed E-state index contributed by atoms with van der Waals surface area (Å²) in [5, 5.41) is 9.15. The Hall–Kier alpha value is -0.870. The highest BCUT2D eigenvalue weighted by Gasteiger charge is 2.17. The predicted octanol–water partition coefficient (Wildman–Crippen LogP) is 2.33. The molecule has 1 unspecified atom stereocenters. The van der Waals surface area contributed by atoms with Gasteiger partial charge >= 0.3 is 0 Å². The first-order valence-electron chi connectivity index (χ1n) is 5.18. The van der Waals surface area contributed by atoms with Crippen molar-refractivity contribution in [1.82, 2.24) is 15.1 Å². The topological polar surface area (TPSA) is 29.9 Å². The molecule has 3 nitrogen and oxygen atoms in total. The fourth-order valence-electron chi connectivity index (χ4n) is 2.07. The molecule has 1 fully saturated rings. The lowest BCUT2D eigenvalue weighted by Gasteiger charge is -2.07. The van der Waals surface area contributed by atoms with Crippen molar-refractivity contribution >= 4 is 26.8 Å². The van der Waals surface area contributed by atoms with Crippen LogP contribution in [-0.2, 0) is 0 Å². The zero-order valence-electron chi connectivity index (χ0n) is 8.28. The van der Waals surface area contributed by atoms with Gasteiger partial charge in [0.2, 0.25) is 0 Å². The second-order valence-electron chi connectivity index (χ2n) is 3.96. The van der Waals surface area contributed by atoms with Gasteiger partial charge in [-0.15, -0.1) is 0 Å². The summed E-state index contributed by atoms with van der Waals surface area (Å²) in [6, 6.07) is 6.72. The van der Waals surface area contributed by atoms with E-state index in [1.807, 2.05) is 6.07 Å². The van der Waals surface area contributed by atoms with Crippen LogP contribution in [0.2, 0.25) is 0 Å². The third-order valence-electron chi connectivity index (χ3n) is 2.89. The minimum Gasteiger partial charge on any atom is -0.315 e. The van der Waals surface area contributed by atoms with E-state index in [4.69, 9.17) is 0 Å². The number of fused-ring (bicyclic) bond motifs is 1. The molecule has 3 rings (SSSR count). The first-order valence-corrected chi connectivity index (χ1v) is 5.97. The van der Waals surface area contributed by atoms with Gasteiger partial charge in [-0.1, -0.05) is 15.9 Å². The van der Waals surface area contributed by atoms with E-state index in [2.05, 4.69) is 49.4 Å². The Morgan fingerprint density at radius 1 is 1.47 bits per heavy atom. The van der Waals surface area contributed by atoms with Crippen molar-refractivity contribution in [3.63, 3.8) is 0 Å². The second-order valence-corrected chi connectivity index (χ2v) is 4.87. The number of nitrogens with zero attached hydrogens (tertiary/aromatic N) is 2. The maximum absolute atomic E-state index is 4.59. The van der Waals surface area contributed by atoms with Crippen LogP contribution in [0.15, 0.2) is 28.9 Å². The van der Waals surface area contributed by atoms with Gasteiger partial charge in [0, 0.05) is 22.6 Å². The normalized spacial score (nSPS) is 21.3. The maximum Gasteiger partial charge on any atom is 0.0924 e. The summed E-state index contributed by atoms with van der Waals surface area (Å²) in [4.78, 5) is 0. The van der Waals surface area contributed by atoms with Gasteiger partial charge in [0.25, 0.3) is 0 Å². The number of aromatic nitrogens is 2. The molecule has 0 aliphatic carbocycles. The Balaban J connectivity index is 2.05. The zero-order valence-corrected chi connectivity index (χ0v) is 9.87. The molecule has 1 aromatic heterocycles. The minimum atomic E-state index is 0.524. The average molecular weight is 266 g/mol. The van der Waals surface area contributed by atoms with Crippen LogP contribution >= 0.6 is 15.9 Å². The van der Waals surface area contributed by atoms with Crippen LogP contribution in [0, 0.1) is 0 Å². The lowest BCUT2D eigenvalue weighted by molar-refractivity contribution is 0.495. The molecule has 78 valence electrons. The molecule has 2 aromatic rings. The standard InChI is InChI=1S/C11H12BrN3/c12-9-1-2-11-8(5-9)7-15(14-11)10-3-4-13-6-10/h1-2,5,7,10,13H,3-4,6H2. The molecule has 4 heteroatoms. The monoisotopic (exact) mass is 265 g/mol. The molecule has 0 saturated carbocycles. The van der Waals surface area contributed by atoms with Crippen LogP contribution in [0.4, 0.5) is 0 Å². The second kappa shape index (κ2) is 3.61. The molecule has 15 heavy (non-hydrogen) atoms. The Labute approximate surface area is 96.6 Å². The number of hydrogen-bond donors (Lipinski definition) is 1. The Morgan fingerprint density at radius 3 is 3.20 bits per heavy atom. The van der Waals surface area contributed by atoms with Gasteiger partial charge in [0.1, 0.15) is 0 Å². The third-order valence-corrected chi connectivity index (χ3v) is 3.39. The zero-order chi connectivity index (χ0) is 10.3. The largest absolute Gasteiger partial charge is 0.315 e. The van der Waals surface area contributed by atoms with Crippen LogP contribution in [0.25, 0.3) is 10.9 Å². The van der Waals surface area contributed by atoms with Crippen molar-refractivity contribution in [2.45, 2.75) is 12.5 Å². The smallest absolute Gasteiger partial charge is 0.0924 e. The predicted molar refractivity (Wildman–Crippen MR) is 64.0 cm³/mol. The number of halogens is 1. The van der Waals surface area contributed by atoms with Gasteiger partial charge in [-0.05, 0) is 31.2 Å². The number of nitrogens with one attached hydrogen (secondary N) is 1. The summed E-state index contributed by atoms with van der Waals surface area (Å²) in [6.07, 6.45) is 3.31. The van der Waals surface area contributed by atoms with Crippen LogP contribution < -0.4 is 5.32 Å². The highest BCUT2D eigenvalue weighted by molar-refractivity contribution is 9.10. The average Bonchev–Trinajstić information content (AvgIpc) is 2.84. The van der Waals surface area contributed by atoms with Crippen molar-refractivity contribution in [3.05, 3.63) is 28.9 Å². The Bertz CT molecular complexity index is 486. The van der Waals surface area contributed by atoms with E-state index in [1.54, 1.807) is 0 Å². The Kier molecular flexibility index (Phi) is 2.25. The van der Waals surface area contributed by atoms with Crippen molar-refractivity contribution in [2.24, 2.45) is 0 Å². The Morgan fingerprint density at radius 2 is 2.40 bits per heavy atom. The molecule has 1 atom stereocenters. The van der Waals surface area contributed by atoms with E-state index in [0.717, 1.165) is 23.1 Å². The van der Waals surface area contributed by atoms with Crippen LogP contribution in [0.3, 0.4) is 0 Å². The summed E-state index contributed by atoms with van der Waals surface area (Å²) in [6.45, 7) is 2.14. The summed E-state index contributed by atoms with van der Waals surface area (Å²) in [7, 11) is 0. The number of rotatable bonds is 1. The molecule has 1 aliphatic rings. The van der Waals surface area contributed by atoms with E-state index in [9.17, 15) is 0 Å². The first-order chi connectivity index (χ1) is 7.33. The van der Waals surface area contributed by atoms with Crippen molar-refractivity contribution in [1.29, 1.82) is 0 Å². The summed E-state index contributed by atoms with van der Waals surface area (Å²) >= 11 is 3.48. The van der Waals surface area contributed by atoms with Gasteiger partial charge in [0.05, 0.1) is 11.6 Å². The van der Waals surface area contributed by atoms with Gasteiger partial charge < -0.3 is 5.32 Å². The molecule has 1 aromatic carbocycles. The fraction of sp³-hybridized carbons (Fsp3) is 0.364. The number of hydrogen-bond acceptors (Lipinski definition) is 2. The van der Waals surface area contributed by atoms with Crippen molar-refractivity contribution < 1.29 is 0 Å². The lowest BCUT2D eigenvalue weighted by Crippen LogP contribution is -2.13. The van der Waals surface area contributed by atoms with E-state index in [1.165, 1.54) is 11.8 Å². The van der Waals surface area contributed by atoms with Gasteiger partial charge in [-0.3, -0.25) is 4.68 Å². The summed E-state index contributed by atoms with van der Waals surface area (Å²) in [5.41, 5.74) is 1.07. The molecular weight excluding hydrogens is 254 g/mol. The third kappa shape index (κ3) is 1.68. The fourth-order valence-corrected chi connectivity index (χ4v) is 2.45. The molecule has 1 saturated heterocycles. The van der Waals surface area contributed by atoms with E-state index in [-0.39, 0.29) is 0 Å². The van der Waals surface area contributed by atoms with Crippen LogP contribution in [0.5, 0.6) is 0 Å². The number of benzene rings is 1. The highest BCUT2D eigenvalue weighted by atomic mass is 79.9. The van der Waals surface area contributed by atoms with E-state index >= 15 is 0 Å². The van der Waals surface area contributed by atoms with E-state index < -0.39 is 0 Å². The van der Waals surface area contributed by atoms with Crippen molar-refractivity contribution in [3.8, 4) is 0 Å². The van der Waals surface area contributed by atoms with Crippen LogP contribution in [-0.4, -0.2) is 22.9 Å². The SMILES string of the molecule is Brc1ccc2nn(C3CCNC3)cc2c1. The van der Waals surface area contributed by atoms with Gasteiger partial charge in [0.15, 0.2) is 0 Å². The van der Waals surface area contributed by atoms with Crippen molar-refractivity contribution in [2.75, 3.05) is 13.1 Å². The molecule has 2 heterocycles. The van der Waals surface area contributed by atoms with Gasteiger partial charge in [-0.25, -0.2) is 0 Å². The summed E-state index contributed by atoms with van der Waals surface area (Å²) < 4.78 is 3.20. The highest BCUT2D eigenvalue weighted by Crippen LogP contribution is 2.22. The van der Waals surface area contributed by atoms with E-state index in [0.29, 0.717) is 6.04 Å². The van der Waals surface area contributed by atoms with Crippen LogP contribution in [0.1, 0.15) is 12.5 Å². The minimum absolute atomic E-state index is 0.524. The molecule has 0 bridgehead atoms. The summed E-state index contributed by atoms with van der Waals surface area (Å²) in [5.74, 6) is 0. The maximum atomic E-state index is 4.59. The molecule has 0 spiro atoms. The molecule has 1 N–H and O–H groups in total. The first kappa shape index (κ1) is 9.36. The molecule has 0 amide bonds.